The number of nitrogen functional groups attached to an aromatic ring is 1. The Kier molecular flexibility index (Phi) is 3.78. The number of carbonyl (C=O) groups is 1. The minimum absolute atomic E-state index is 0.0274. The Labute approximate surface area is 112 Å². The van der Waals surface area contributed by atoms with Crippen LogP contribution in [0.3, 0.4) is 0 Å². The molecular weight excluding hydrogens is 252 g/mol. The van der Waals surface area contributed by atoms with Crippen molar-refractivity contribution in [3.63, 3.8) is 0 Å². The van der Waals surface area contributed by atoms with Gasteiger partial charge in [0.15, 0.2) is 0 Å². The minimum Gasteiger partial charge on any atom is -0.398 e. The molecule has 0 aromatic heterocycles. The van der Waals surface area contributed by atoms with Crippen LogP contribution >= 0.6 is 11.6 Å². The maximum atomic E-state index is 12.3. The monoisotopic (exact) mass is 268 g/mol. The van der Waals surface area contributed by atoms with E-state index in [-0.39, 0.29) is 18.1 Å². The maximum absolute atomic E-state index is 12.3. The quantitative estimate of drug-likeness (QED) is 0.794. The smallest absolute Gasteiger partial charge is 0.254 e. The summed E-state index contributed by atoms with van der Waals surface area (Å²) < 4.78 is 5.61. The van der Waals surface area contributed by atoms with Gasteiger partial charge in [-0.05, 0) is 32.0 Å². The molecule has 1 aliphatic rings. The molecule has 98 valence electrons. The summed E-state index contributed by atoms with van der Waals surface area (Å²) in [5, 5.41) is 0.468. The van der Waals surface area contributed by atoms with E-state index in [1.165, 1.54) is 0 Å². The minimum atomic E-state index is -0.0274. The van der Waals surface area contributed by atoms with Crippen molar-refractivity contribution >= 4 is 23.2 Å². The highest BCUT2D eigenvalue weighted by atomic mass is 35.5. The fourth-order valence-corrected chi connectivity index (χ4v) is 2.32. The second kappa shape index (κ2) is 5.16. The second-order valence-corrected chi connectivity index (χ2v) is 5.11. The molecule has 0 unspecified atom stereocenters. The lowest BCUT2D eigenvalue weighted by atomic mass is 10.1. The lowest BCUT2D eigenvalue weighted by Gasteiger charge is -2.35. The van der Waals surface area contributed by atoms with Gasteiger partial charge >= 0.3 is 0 Å². The molecule has 0 radical (unpaired) electrons. The first-order valence-corrected chi connectivity index (χ1v) is 6.35. The van der Waals surface area contributed by atoms with Crippen LogP contribution in [-0.4, -0.2) is 36.1 Å². The van der Waals surface area contributed by atoms with E-state index in [0.717, 1.165) is 0 Å². The molecule has 1 aliphatic heterocycles. The Balaban J connectivity index is 2.17. The normalized spacial score (nSPS) is 24.1. The Morgan fingerprint density at radius 1 is 1.39 bits per heavy atom. The van der Waals surface area contributed by atoms with Gasteiger partial charge in [0.05, 0.1) is 22.9 Å². The molecule has 0 aliphatic carbocycles. The van der Waals surface area contributed by atoms with Gasteiger partial charge in [-0.25, -0.2) is 0 Å². The van der Waals surface area contributed by atoms with Gasteiger partial charge < -0.3 is 15.4 Å². The van der Waals surface area contributed by atoms with Crippen molar-refractivity contribution in [3.8, 4) is 0 Å². The fraction of sp³-hybridized carbons (Fsp3) is 0.462. The number of anilines is 1. The zero-order chi connectivity index (χ0) is 13.3. The topological polar surface area (TPSA) is 55.6 Å². The number of halogens is 1. The predicted octanol–water partition coefficient (Wildman–Crippen LogP) is 2.17. The second-order valence-electron chi connectivity index (χ2n) is 4.70. The van der Waals surface area contributed by atoms with E-state index < -0.39 is 0 Å². The van der Waals surface area contributed by atoms with E-state index in [4.69, 9.17) is 22.1 Å². The van der Waals surface area contributed by atoms with E-state index in [9.17, 15) is 4.79 Å². The summed E-state index contributed by atoms with van der Waals surface area (Å²) in [5.74, 6) is -0.0274. The van der Waals surface area contributed by atoms with E-state index in [2.05, 4.69) is 0 Å². The lowest BCUT2D eigenvalue weighted by Crippen LogP contribution is -2.48. The summed E-state index contributed by atoms with van der Waals surface area (Å²) in [6.07, 6.45) is 0.115. The number of carbonyl (C=O) groups excluding carboxylic acids is 1. The lowest BCUT2D eigenvalue weighted by molar-refractivity contribution is -0.0586. The molecule has 1 aromatic carbocycles. The van der Waals surface area contributed by atoms with Crippen LogP contribution in [-0.2, 0) is 4.74 Å². The van der Waals surface area contributed by atoms with E-state index >= 15 is 0 Å². The van der Waals surface area contributed by atoms with Crippen molar-refractivity contribution in [2.75, 3.05) is 18.8 Å². The highest BCUT2D eigenvalue weighted by Gasteiger charge is 2.26. The van der Waals surface area contributed by atoms with Crippen molar-refractivity contribution < 1.29 is 9.53 Å². The van der Waals surface area contributed by atoms with Gasteiger partial charge in [-0.2, -0.15) is 0 Å². The van der Waals surface area contributed by atoms with Gasteiger partial charge in [-0.1, -0.05) is 11.6 Å². The van der Waals surface area contributed by atoms with E-state index in [1.807, 2.05) is 13.8 Å². The van der Waals surface area contributed by atoms with Crippen LogP contribution in [0.5, 0.6) is 0 Å². The van der Waals surface area contributed by atoms with Gasteiger partial charge in [0, 0.05) is 18.7 Å². The van der Waals surface area contributed by atoms with E-state index in [1.54, 1.807) is 23.1 Å². The van der Waals surface area contributed by atoms with Gasteiger partial charge in [0.2, 0.25) is 0 Å². The summed E-state index contributed by atoms with van der Waals surface area (Å²) >= 11 is 5.85. The molecule has 1 heterocycles. The molecule has 0 saturated carbocycles. The average molecular weight is 269 g/mol. The third-order valence-corrected chi connectivity index (χ3v) is 3.29. The van der Waals surface area contributed by atoms with Crippen molar-refractivity contribution in [1.82, 2.24) is 4.90 Å². The zero-order valence-corrected chi connectivity index (χ0v) is 11.3. The molecule has 1 saturated heterocycles. The summed E-state index contributed by atoms with van der Waals surface area (Å²) in [6, 6.07) is 4.97. The first-order chi connectivity index (χ1) is 8.47. The average Bonchev–Trinajstić information content (AvgIpc) is 2.30. The summed E-state index contributed by atoms with van der Waals surface area (Å²) in [5.41, 5.74) is 6.71. The standard InChI is InChI=1S/C13H17ClN2O2/c1-8-6-16(7-9(2)18-8)13(17)10-3-4-11(14)12(15)5-10/h3-5,8-9H,6-7,15H2,1-2H3/t8-,9-/m1/s1. The van der Waals surface area contributed by atoms with E-state index in [0.29, 0.717) is 29.4 Å². The molecule has 1 amide bonds. The number of rotatable bonds is 1. The third kappa shape index (κ3) is 2.76. The number of hydrogen-bond acceptors (Lipinski definition) is 3. The molecule has 4 nitrogen and oxygen atoms in total. The van der Waals surface area contributed by atoms with Crippen LogP contribution in [0.1, 0.15) is 24.2 Å². The van der Waals surface area contributed by atoms with Gasteiger partial charge in [0.1, 0.15) is 0 Å². The summed E-state index contributed by atoms with van der Waals surface area (Å²) in [6.45, 7) is 5.13. The van der Waals surface area contributed by atoms with Crippen LogP contribution in [0.4, 0.5) is 5.69 Å². The van der Waals surface area contributed by atoms with Crippen LogP contribution in [0.15, 0.2) is 18.2 Å². The third-order valence-electron chi connectivity index (χ3n) is 2.95. The Morgan fingerprint density at radius 3 is 2.56 bits per heavy atom. The number of hydrogen-bond donors (Lipinski definition) is 1. The number of nitrogens with zero attached hydrogens (tertiary/aromatic N) is 1. The highest BCUT2D eigenvalue weighted by molar-refractivity contribution is 6.33. The molecule has 1 fully saturated rings. The van der Waals surface area contributed by atoms with Crippen LogP contribution < -0.4 is 5.73 Å². The van der Waals surface area contributed by atoms with Crippen LogP contribution in [0, 0.1) is 0 Å². The van der Waals surface area contributed by atoms with Gasteiger partial charge in [0.25, 0.3) is 5.91 Å². The van der Waals surface area contributed by atoms with Gasteiger partial charge in [-0.15, -0.1) is 0 Å². The molecule has 2 atom stereocenters. The SMILES string of the molecule is C[C@@H]1CN(C(=O)c2ccc(Cl)c(N)c2)C[C@@H](C)O1. The predicted molar refractivity (Wildman–Crippen MR) is 71.8 cm³/mol. The molecule has 0 spiro atoms. The largest absolute Gasteiger partial charge is 0.398 e. The number of benzene rings is 1. The number of amides is 1. The Hall–Kier alpha value is -1.26. The van der Waals surface area contributed by atoms with Gasteiger partial charge in [-0.3, -0.25) is 4.79 Å². The molecule has 1 aromatic rings. The fourth-order valence-electron chi connectivity index (χ4n) is 2.20. The van der Waals surface area contributed by atoms with Crippen molar-refractivity contribution in [2.45, 2.75) is 26.1 Å². The number of morpholine rings is 1. The maximum Gasteiger partial charge on any atom is 0.254 e. The van der Waals surface area contributed by atoms with Crippen LogP contribution in [0.25, 0.3) is 0 Å². The van der Waals surface area contributed by atoms with Crippen LogP contribution in [0.2, 0.25) is 5.02 Å². The highest BCUT2D eigenvalue weighted by Crippen LogP contribution is 2.21. The molecule has 2 N–H and O–H groups in total. The number of nitrogens with two attached hydrogens (primary N) is 1. The van der Waals surface area contributed by atoms with Crippen molar-refractivity contribution in [2.24, 2.45) is 0 Å². The zero-order valence-electron chi connectivity index (χ0n) is 10.5. The Bertz CT molecular complexity index is 454. The molecule has 18 heavy (non-hydrogen) atoms. The first-order valence-electron chi connectivity index (χ1n) is 5.97. The van der Waals surface area contributed by atoms with Crippen molar-refractivity contribution in [3.05, 3.63) is 28.8 Å². The van der Waals surface area contributed by atoms with Crippen molar-refractivity contribution in [1.29, 1.82) is 0 Å². The summed E-state index contributed by atoms with van der Waals surface area (Å²) in [4.78, 5) is 14.1. The molecule has 2 rings (SSSR count). The molecule has 5 heteroatoms. The molecule has 0 bridgehead atoms. The number of ether oxygens (including phenoxy) is 1. The molecular formula is C13H17ClN2O2. The summed E-state index contributed by atoms with van der Waals surface area (Å²) in [7, 11) is 0. The first kappa shape index (κ1) is 13.2. The Morgan fingerprint density at radius 2 is 2.00 bits per heavy atom.